The summed E-state index contributed by atoms with van der Waals surface area (Å²) in [5.41, 5.74) is 1.81. The molecule has 1 unspecified atom stereocenters. The molecule has 0 saturated carbocycles. The number of nitrogens with zero attached hydrogens (tertiary/aromatic N) is 1. The zero-order chi connectivity index (χ0) is 12.3. The Morgan fingerprint density at radius 3 is 2.41 bits per heavy atom. The smallest absolute Gasteiger partial charge is 0.141 e. The third-order valence-corrected chi connectivity index (χ3v) is 2.79. The van der Waals surface area contributed by atoms with Gasteiger partial charge in [-0.15, -0.1) is 0 Å². The summed E-state index contributed by atoms with van der Waals surface area (Å²) in [4.78, 5) is 4.08. The van der Waals surface area contributed by atoms with Crippen molar-refractivity contribution in [3.8, 4) is 0 Å². The lowest BCUT2D eigenvalue weighted by atomic mass is 10.0. The summed E-state index contributed by atoms with van der Waals surface area (Å²) < 4.78 is 12.8. The Labute approximate surface area is 104 Å². The molecule has 1 atom stereocenters. The largest absolute Gasteiger partial charge is 0.308 e. The first-order chi connectivity index (χ1) is 8.20. The number of aromatic nitrogens is 1. The zero-order valence-electron chi connectivity index (χ0n) is 9.32. The van der Waals surface area contributed by atoms with Crippen molar-refractivity contribution in [2.24, 2.45) is 0 Å². The van der Waals surface area contributed by atoms with Crippen molar-refractivity contribution in [1.82, 2.24) is 10.3 Å². The van der Waals surface area contributed by atoms with Gasteiger partial charge in [0, 0.05) is 5.02 Å². The first kappa shape index (κ1) is 12.0. The van der Waals surface area contributed by atoms with Gasteiger partial charge in [-0.3, -0.25) is 4.98 Å². The monoisotopic (exact) mass is 250 g/mol. The van der Waals surface area contributed by atoms with Gasteiger partial charge in [0.1, 0.15) is 5.82 Å². The van der Waals surface area contributed by atoms with Crippen LogP contribution >= 0.6 is 11.6 Å². The minimum Gasteiger partial charge on any atom is -0.308 e. The Kier molecular flexibility index (Phi) is 3.71. The fraction of sp³-hybridized carbons (Fsp3) is 0.154. The van der Waals surface area contributed by atoms with Crippen molar-refractivity contribution in [2.45, 2.75) is 6.04 Å². The van der Waals surface area contributed by atoms with Crippen LogP contribution in [0.4, 0.5) is 4.39 Å². The Bertz CT molecular complexity index is 436. The van der Waals surface area contributed by atoms with Crippen LogP contribution in [0.25, 0.3) is 0 Å². The van der Waals surface area contributed by atoms with Crippen LogP contribution in [0.3, 0.4) is 0 Å². The number of halogens is 2. The fourth-order valence-electron chi connectivity index (χ4n) is 1.70. The molecule has 1 N–H and O–H groups in total. The lowest BCUT2D eigenvalue weighted by Gasteiger charge is -2.16. The predicted octanol–water partition coefficient (Wildman–Crippen LogP) is 3.18. The molecule has 0 amide bonds. The molecular weight excluding hydrogens is 239 g/mol. The quantitative estimate of drug-likeness (QED) is 0.905. The SMILES string of the molecule is CNC(c1ccc(Cl)cc1)c1ccc(F)cn1. The molecule has 2 nitrogen and oxygen atoms in total. The van der Waals surface area contributed by atoms with Crippen molar-refractivity contribution >= 4 is 11.6 Å². The highest BCUT2D eigenvalue weighted by atomic mass is 35.5. The molecule has 0 radical (unpaired) electrons. The van der Waals surface area contributed by atoms with Gasteiger partial charge >= 0.3 is 0 Å². The Hall–Kier alpha value is -1.45. The summed E-state index contributed by atoms with van der Waals surface area (Å²) in [5.74, 6) is -0.334. The van der Waals surface area contributed by atoms with Crippen molar-refractivity contribution in [3.63, 3.8) is 0 Å². The maximum Gasteiger partial charge on any atom is 0.141 e. The third-order valence-electron chi connectivity index (χ3n) is 2.54. The lowest BCUT2D eigenvalue weighted by molar-refractivity contribution is 0.610. The molecule has 4 heteroatoms. The zero-order valence-corrected chi connectivity index (χ0v) is 10.1. The van der Waals surface area contributed by atoms with Gasteiger partial charge in [-0.2, -0.15) is 0 Å². The molecule has 88 valence electrons. The van der Waals surface area contributed by atoms with Crippen molar-refractivity contribution in [2.75, 3.05) is 7.05 Å². The van der Waals surface area contributed by atoms with Crippen LogP contribution in [-0.2, 0) is 0 Å². The molecule has 0 spiro atoms. The van der Waals surface area contributed by atoms with E-state index in [2.05, 4.69) is 10.3 Å². The first-order valence-corrected chi connectivity index (χ1v) is 5.62. The van der Waals surface area contributed by atoms with E-state index in [1.54, 1.807) is 6.07 Å². The molecule has 1 aromatic heterocycles. The number of rotatable bonds is 3. The van der Waals surface area contributed by atoms with E-state index in [-0.39, 0.29) is 11.9 Å². The number of pyridine rings is 1. The minimum atomic E-state index is -0.334. The fourth-order valence-corrected chi connectivity index (χ4v) is 1.82. The van der Waals surface area contributed by atoms with E-state index in [0.29, 0.717) is 5.02 Å². The second-order valence-electron chi connectivity index (χ2n) is 3.67. The predicted molar refractivity (Wildman–Crippen MR) is 66.5 cm³/mol. The van der Waals surface area contributed by atoms with Gasteiger partial charge in [0.05, 0.1) is 17.9 Å². The summed E-state index contributed by atoms with van der Waals surface area (Å²) in [6.07, 6.45) is 1.22. The lowest BCUT2D eigenvalue weighted by Crippen LogP contribution is -2.18. The van der Waals surface area contributed by atoms with Crippen molar-refractivity contribution in [1.29, 1.82) is 0 Å². The summed E-state index contributed by atoms with van der Waals surface area (Å²) in [7, 11) is 1.84. The maximum atomic E-state index is 12.8. The highest BCUT2D eigenvalue weighted by molar-refractivity contribution is 6.30. The van der Waals surface area contributed by atoms with Gasteiger partial charge in [0.25, 0.3) is 0 Å². The normalized spacial score (nSPS) is 12.4. The summed E-state index contributed by atoms with van der Waals surface area (Å²) in [6.45, 7) is 0. The molecule has 0 saturated heterocycles. The number of benzene rings is 1. The van der Waals surface area contributed by atoms with E-state index in [1.165, 1.54) is 12.3 Å². The highest BCUT2D eigenvalue weighted by Gasteiger charge is 2.12. The van der Waals surface area contributed by atoms with Gasteiger partial charge in [-0.25, -0.2) is 4.39 Å². The molecule has 0 fully saturated rings. The molecule has 0 bridgehead atoms. The first-order valence-electron chi connectivity index (χ1n) is 5.25. The van der Waals surface area contributed by atoms with Gasteiger partial charge in [0.15, 0.2) is 0 Å². The second kappa shape index (κ2) is 5.25. The van der Waals surface area contributed by atoms with E-state index in [4.69, 9.17) is 11.6 Å². The van der Waals surface area contributed by atoms with Crippen molar-refractivity contribution in [3.05, 3.63) is 64.7 Å². The van der Waals surface area contributed by atoms with Crippen LogP contribution in [0.15, 0.2) is 42.6 Å². The van der Waals surface area contributed by atoms with E-state index in [9.17, 15) is 4.39 Å². The summed E-state index contributed by atoms with van der Waals surface area (Å²) >= 11 is 5.84. The van der Waals surface area contributed by atoms with Crippen LogP contribution in [0, 0.1) is 5.82 Å². The number of hydrogen-bond acceptors (Lipinski definition) is 2. The van der Waals surface area contributed by atoms with Gasteiger partial charge < -0.3 is 5.32 Å². The summed E-state index contributed by atoms with van der Waals surface area (Å²) in [5, 5.41) is 3.84. The summed E-state index contributed by atoms with van der Waals surface area (Å²) in [6, 6.07) is 10.5. The molecule has 17 heavy (non-hydrogen) atoms. The standard InChI is InChI=1S/C13H12ClFN2/c1-16-13(9-2-4-10(14)5-3-9)12-7-6-11(15)8-17-12/h2-8,13,16H,1H3. The van der Waals surface area contributed by atoms with Crippen LogP contribution < -0.4 is 5.32 Å². The average molecular weight is 251 g/mol. The topological polar surface area (TPSA) is 24.9 Å². The average Bonchev–Trinajstić information content (AvgIpc) is 2.35. The molecule has 1 aromatic carbocycles. The molecule has 1 heterocycles. The van der Waals surface area contributed by atoms with Crippen molar-refractivity contribution < 1.29 is 4.39 Å². The Morgan fingerprint density at radius 2 is 1.88 bits per heavy atom. The van der Waals surface area contributed by atoms with E-state index in [1.807, 2.05) is 31.3 Å². The molecule has 2 aromatic rings. The van der Waals surface area contributed by atoms with Gasteiger partial charge in [-0.05, 0) is 36.9 Å². The molecule has 0 aliphatic carbocycles. The van der Waals surface area contributed by atoms with Gasteiger partial charge in [0.2, 0.25) is 0 Å². The van der Waals surface area contributed by atoms with Crippen LogP contribution in [0.2, 0.25) is 5.02 Å². The number of hydrogen-bond donors (Lipinski definition) is 1. The van der Waals surface area contributed by atoms with E-state index in [0.717, 1.165) is 11.3 Å². The Morgan fingerprint density at radius 1 is 1.18 bits per heavy atom. The van der Waals surface area contributed by atoms with Crippen LogP contribution in [-0.4, -0.2) is 12.0 Å². The molecule has 0 aliphatic heterocycles. The van der Waals surface area contributed by atoms with E-state index >= 15 is 0 Å². The molecule has 0 aliphatic rings. The van der Waals surface area contributed by atoms with E-state index < -0.39 is 0 Å². The molecular formula is C13H12ClFN2. The third kappa shape index (κ3) is 2.81. The number of nitrogens with one attached hydrogen (secondary N) is 1. The highest BCUT2D eigenvalue weighted by Crippen LogP contribution is 2.21. The maximum absolute atomic E-state index is 12.8. The van der Waals surface area contributed by atoms with Crippen LogP contribution in [0.5, 0.6) is 0 Å². The van der Waals surface area contributed by atoms with Gasteiger partial charge in [-0.1, -0.05) is 23.7 Å². The second-order valence-corrected chi connectivity index (χ2v) is 4.11. The Balaban J connectivity index is 2.33. The van der Waals surface area contributed by atoms with Crippen LogP contribution in [0.1, 0.15) is 17.3 Å². The molecule has 2 rings (SSSR count). The minimum absolute atomic E-state index is 0.0622.